The van der Waals surface area contributed by atoms with E-state index in [1.807, 2.05) is 0 Å². The third kappa shape index (κ3) is 5.60. The molecule has 1 aliphatic rings. The van der Waals surface area contributed by atoms with Gasteiger partial charge in [0.2, 0.25) is 6.79 Å². The molecule has 0 saturated carbocycles. The van der Waals surface area contributed by atoms with Crippen molar-refractivity contribution < 1.29 is 33.1 Å². The van der Waals surface area contributed by atoms with E-state index in [4.69, 9.17) is 35.0 Å². The number of amides is 1. The van der Waals surface area contributed by atoms with Crippen molar-refractivity contribution in [2.24, 2.45) is 0 Å². The Morgan fingerprint density at radius 3 is 2.68 bits per heavy atom. The Balaban J connectivity index is 1.27. The minimum absolute atomic E-state index is 0.00630. The third-order valence-corrected chi connectivity index (χ3v) is 5.57. The van der Waals surface area contributed by atoms with E-state index in [-0.39, 0.29) is 36.3 Å². The summed E-state index contributed by atoms with van der Waals surface area (Å²) in [4.78, 5) is 23.6. The molecular weight excluding hydrogens is 504 g/mol. The van der Waals surface area contributed by atoms with Crippen molar-refractivity contribution >= 4 is 28.9 Å². The predicted molar refractivity (Wildman–Crippen MR) is 133 cm³/mol. The molecule has 4 aromatic rings. The molecule has 0 radical (unpaired) electrons. The maximum Gasteiger partial charge on any atom is 0.291 e. The van der Waals surface area contributed by atoms with Crippen LogP contribution >= 0.6 is 11.6 Å². The summed E-state index contributed by atoms with van der Waals surface area (Å²) in [5.41, 5.74) is 0.655. The Morgan fingerprint density at radius 2 is 1.86 bits per heavy atom. The number of hydrogen-bond acceptors (Lipinski definition) is 8. The number of carbonyl (C=O) groups is 1. The van der Waals surface area contributed by atoms with Gasteiger partial charge in [0.15, 0.2) is 17.3 Å². The van der Waals surface area contributed by atoms with Crippen molar-refractivity contribution in [3.05, 3.63) is 99.0 Å². The number of aryl methyl sites for hydroxylation is 1. The number of anilines is 1. The van der Waals surface area contributed by atoms with Gasteiger partial charge >= 0.3 is 0 Å². The van der Waals surface area contributed by atoms with Crippen molar-refractivity contribution in [2.45, 2.75) is 13.5 Å². The fraction of sp³-hybridized carbons (Fsp3) is 0.115. The average molecular weight is 523 g/mol. The van der Waals surface area contributed by atoms with Gasteiger partial charge in [0.1, 0.15) is 29.6 Å². The summed E-state index contributed by atoms with van der Waals surface area (Å²) in [6.07, 6.45) is 0. The lowest BCUT2D eigenvalue weighted by molar-refractivity contribution is -0.384. The molecular formula is C26H19ClN2O8. The van der Waals surface area contributed by atoms with Crippen LogP contribution in [0.2, 0.25) is 5.02 Å². The number of rotatable bonds is 8. The lowest BCUT2D eigenvalue weighted by Gasteiger charge is -2.11. The number of halogens is 1. The van der Waals surface area contributed by atoms with Gasteiger partial charge in [0.25, 0.3) is 11.6 Å². The van der Waals surface area contributed by atoms with E-state index in [9.17, 15) is 14.9 Å². The zero-order valence-electron chi connectivity index (χ0n) is 19.4. The largest absolute Gasteiger partial charge is 0.486 e. The van der Waals surface area contributed by atoms with E-state index in [2.05, 4.69) is 5.32 Å². The zero-order chi connectivity index (χ0) is 25.9. The molecule has 0 aliphatic carbocycles. The van der Waals surface area contributed by atoms with Crippen LogP contribution in [-0.2, 0) is 6.61 Å². The molecule has 0 atom stereocenters. The Labute approximate surface area is 215 Å². The van der Waals surface area contributed by atoms with E-state index in [1.54, 1.807) is 49.4 Å². The second kappa shape index (κ2) is 10.1. The molecule has 11 heteroatoms. The predicted octanol–water partition coefficient (Wildman–Crippen LogP) is 6.50. The summed E-state index contributed by atoms with van der Waals surface area (Å²) in [6, 6.07) is 17.3. The monoisotopic (exact) mass is 522 g/mol. The molecule has 0 bridgehead atoms. The summed E-state index contributed by atoms with van der Waals surface area (Å²) in [5, 5.41) is 14.6. The van der Waals surface area contributed by atoms with E-state index in [1.165, 1.54) is 24.3 Å². The minimum Gasteiger partial charge on any atom is -0.486 e. The van der Waals surface area contributed by atoms with Gasteiger partial charge in [-0.1, -0.05) is 11.6 Å². The highest BCUT2D eigenvalue weighted by Gasteiger charge is 2.18. The van der Waals surface area contributed by atoms with Gasteiger partial charge < -0.3 is 28.7 Å². The normalized spacial score (nSPS) is 11.7. The van der Waals surface area contributed by atoms with Crippen LogP contribution in [0.5, 0.6) is 28.7 Å². The first-order valence-electron chi connectivity index (χ1n) is 11.0. The van der Waals surface area contributed by atoms with Gasteiger partial charge in [-0.25, -0.2) is 0 Å². The molecule has 0 spiro atoms. The highest BCUT2D eigenvalue weighted by atomic mass is 35.5. The van der Waals surface area contributed by atoms with Crippen molar-refractivity contribution in [1.82, 2.24) is 0 Å². The van der Waals surface area contributed by atoms with E-state index >= 15 is 0 Å². The second-order valence-electron chi connectivity index (χ2n) is 8.01. The van der Waals surface area contributed by atoms with Gasteiger partial charge in [0, 0.05) is 23.2 Å². The molecule has 10 nitrogen and oxygen atoms in total. The number of nitro groups is 1. The summed E-state index contributed by atoms with van der Waals surface area (Å²) in [7, 11) is 0. The summed E-state index contributed by atoms with van der Waals surface area (Å²) >= 11 is 5.98. The number of hydrogen-bond donors (Lipinski definition) is 1. The fourth-order valence-electron chi connectivity index (χ4n) is 3.57. The van der Waals surface area contributed by atoms with Gasteiger partial charge in [-0.2, -0.15) is 0 Å². The smallest absolute Gasteiger partial charge is 0.291 e. The van der Waals surface area contributed by atoms with E-state index < -0.39 is 10.8 Å². The number of nitrogens with one attached hydrogen (secondary N) is 1. The van der Waals surface area contributed by atoms with Crippen LogP contribution in [0.25, 0.3) is 0 Å². The SMILES string of the molecule is Cc1cc(Cl)ccc1Oc1cc(NC(=O)c2ccc(COc3ccc4c(c3)OCO4)o2)cc([N+](=O)[O-])c1. The van der Waals surface area contributed by atoms with Crippen molar-refractivity contribution in [1.29, 1.82) is 0 Å². The molecule has 0 unspecified atom stereocenters. The Kier molecular flexibility index (Phi) is 6.57. The molecule has 1 N–H and O–H groups in total. The fourth-order valence-corrected chi connectivity index (χ4v) is 3.79. The van der Waals surface area contributed by atoms with Crippen LogP contribution in [0.1, 0.15) is 21.9 Å². The molecule has 5 rings (SSSR count). The lowest BCUT2D eigenvalue weighted by atomic mass is 10.2. The first kappa shape index (κ1) is 24.0. The molecule has 37 heavy (non-hydrogen) atoms. The summed E-state index contributed by atoms with van der Waals surface area (Å²) < 4.78 is 27.7. The molecule has 0 fully saturated rings. The lowest BCUT2D eigenvalue weighted by Crippen LogP contribution is -2.11. The van der Waals surface area contributed by atoms with Crippen molar-refractivity contribution in [3.63, 3.8) is 0 Å². The van der Waals surface area contributed by atoms with Crippen LogP contribution in [0.4, 0.5) is 11.4 Å². The molecule has 0 saturated heterocycles. The quantitative estimate of drug-likeness (QED) is 0.205. The number of carbonyl (C=O) groups excluding carboxylic acids is 1. The molecule has 1 amide bonds. The minimum atomic E-state index is -0.594. The number of non-ortho nitro benzene ring substituents is 1. The maximum absolute atomic E-state index is 12.8. The van der Waals surface area contributed by atoms with Crippen molar-refractivity contribution in [2.75, 3.05) is 12.1 Å². The molecule has 188 valence electrons. The average Bonchev–Trinajstić information content (AvgIpc) is 3.53. The summed E-state index contributed by atoms with van der Waals surface area (Å²) in [5.74, 6) is 2.24. The number of nitrogens with zero attached hydrogens (tertiary/aromatic N) is 1. The van der Waals surface area contributed by atoms with E-state index in [0.29, 0.717) is 33.8 Å². The number of furan rings is 1. The standard InChI is InChI=1S/C26H19ClN2O8/c1-15-8-16(27)2-5-22(15)37-21-10-17(9-18(11-21)29(31)32)28-26(30)24-7-4-20(36-24)13-33-19-3-6-23-25(12-19)35-14-34-23/h2-12H,13-14H2,1H3,(H,28,30). The zero-order valence-corrected chi connectivity index (χ0v) is 20.1. The highest BCUT2D eigenvalue weighted by molar-refractivity contribution is 6.30. The van der Waals surface area contributed by atoms with Gasteiger partial charge in [-0.15, -0.1) is 0 Å². The second-order valence-corrected chi connectivity index (χ2v) is 8.44. The van der Waals surface area contributed by atoms with Crippen LogP contribution < -0.4 is 24.3 Å². The molecule has 1 aromatic heterocycles. The van der Waals surface area contributed by atoms with Crippen LogP contribution in [0, 0.1) is 17.0 Å². The van der Waals surface area contributed by atoms with Crippen LogP contribution in [-0.4, -0.2) is 17.6 Å². The number of nitro benzene ring substituents is 1. The Morgan fingerprint density at radius 1 is 1.03 bits per heavy atom. The van der Waals surface area contributed by atoms with Gasteiger partial charge in [-0.3, -0.25) is 14.9 Å². The maximum atomic E-state index is 12.8. The number of ether oxygens (including phenoxy) is 4. The highest BCUT2D eigenvalue weighted by Crippen LogP contribution is 2.35. The van der Waals surface area contributed by atoms with Gasteiger partial charge in [0.05, 0.1) is 16.7 Å². The molecule has 3 aromatic carbocycles. The molecule has 2 heterocycles. The number of fused-ring (bicyclic) bond motifs is 1. The Hall–Kier alpha value is -4.70. The van der Waals surface area contributed by atoms with Crippen LogP contribution in [0.15, 0.2) is 71.1 Å². The topological polar surface area (TPSA) is 122 Å². The van der Waals surface area contributed by atoms with Gasteiger partial charge in [-0.05, 0) is 55.0 Å². The van der Waals surface area contributed by atoms with E-state index in [0.717, 1.165) is 5.56 Å². The molecule has 1 aliphatic heterocycles. The van der Waals surface area contributed by atoms with Crippen LogP contribution in [0.3, 0.4) is 0 Å². The van der Waals surface area contributed by atoms with Crippen molar-refractivity contribution in [3.8, 4) is 28.7 Å². The Bertz CT molecular complexity index is 1500. The first-order chi connectivity index (χ1) is 17.8. The number of benzene rings is 3. The first-order valence-corrected chi connectivity index (χ1v) is 11.4. The third-order valence-electron chi connectivity index (χ3n) is 5.34. The summed E-state index contributed by atoms with van der Waals surface area (Å²) in [6.45, 7) is 2.03.